The maximum absolute atomic E-state index is 12.4. The van der Waals surface area contributed by atoms with Crippen molar-refractivity contribution >= 4 is 28.5 Å². The predicted molar refractivity (Wildman–Crippen MR) is 122 cm³/mol. The van der Waals surface area contributed by atoms with Crippen molar-refractivity contribution in [1.82, 2.24) is 19.9 Å². The molecule has 0 radical (unpaired) electrons. The molecule has 4 aromatic rings. The quantitative estimate of drug-likeness (QED) is 0.457. The van der Waals surface area contributed by atoms with Crippen LogP contribution in [0.4, 0.5) is 0 Å². The second kappa shape index (κ2) is 9.18. The minimum atomic E-state index is -0.163. The summed E-state index contributed by atoms with van der Waals surface area (Å²) in [6.45, 7) is 5.31. The van der Waals surface area contributed by atoms with Gasteiger partial charge in [-0.25, -0.2) is 4.98 Å². The monoisotopic (exact) mass is 434 g/mol. The van der Waals surface area contributed by atoms with Gasteiger partial charge in [0.25, 0.3) is 5.91 Å². The van der Waals surface area contributed by atoms with Gasteiger partial charge in [0.15, 0.2) is 0 Å². The Morgan fingerprint density at radius 1 is 1.10 bits per heavy atom. The van der Waals surface area contributed by atoms with E-state index in [0.717, 1.165) is 38.8 Å². The van der Waals surface area contributed by atoms with Crippen LogP contribution < -0.4 is 10.1 Å². The van der Waals surface area contributed by atoms with Gasteiger partial charge in [0.1, 0.15) is 18.2 Å². The van der Waals surface area contributed by atoms with E-state index in [9.17, 15) is 4.79 Å². The third kappa shape index (κ3) is 4.70. The maximum Gasteiger partial charge on any atom is 0.251 e. The number of carbonyl (C=O) groups is 1. The van der Waals surface area contributed by atoms with Gasteiger partial charge >= 0.3 is 0 Å². The van der Waals surface area contributed by atoms with Gasteiger partial charge in [0.2, 0.25) is 0 Å². The molecule has 31 heavy (non-hydrogen) atoms. The molecule has 2 heterocycles. The summed E-state index contributed by atoms with van der Waals surface area (Å²) < 4.78 is 8.07. The van der Waals surface area contributed by atoms with E-state index >= 15 is 0 Å². The Morgan fingerprint density at radius 2 is 1.81 bits per heavy atom. The zero-order chi connectivity index (χ0) is 21.8. The van der Waals surface area contributed by atoms with Crippen molar-refractivity contribution in [2.45, 2.75) is 26.9 Å². The van der Waals surface area contributed by atoms with Crippen molar-refractivity contribution < 1.29 is 9.53 Å². The van der Waals surface area contributed by atoms with Gasteiger partial charge in [-0.1, -0.05) is 23.7 Å². The van der Waals surface area contributed by atoms with Crippen molar-refractivity contribution in [3.63, 3.8) is 0 Å². The van der Waals surface area contributed by atoms with E-state index in [1.54, 1.807) is 24.5 Å². The van der Waals surface area contributed by atoms with Crippen molar-refractivity contribution in [3.8, 4) is 5.75 Å². The van der Waals surface area contributed by atoms with Crippen LogP contribution in [0.3, 0.4) is 0 Å². The number of nitrogens with one attached hydrogen (secondary N) is 1. The Kier molecular flexibility index (Phi) is 6.18. The number of amides is 1. The van der Waals surface area contributed by atoms with Gasteiger partial charge in [-0.15, -0.1) is 0 Å². The third-order valence-electron chi connectivity index (χ3n) is 5.08. The highest BCUT2D eigenvalue weighted by molar-refractivity contribution is 6.32. The van der Waals surface area contributed by atoms with E-state index in [1.165, 1.54) is 0 Å². The van der Waals surface area contributed by atoms with E-state index in [-0.39, 0.29) is 5.91 Å². The lowest BCUT2D eigenvalue weighted by Crippen LogP contribution is -2.25. The van der Waals surface area contributed by atoms with Crippen LogP contribution in [0.15, 0.2) is 60.9 Å². The minimum absolute atomic E-state index is 0.163. The summed E-state index contributed by atoms with van der Waals surface area (Å²) >= 11 is 6.25. The first-order chi connectivity index (χ1) is 15.0. The second-order valence-electron chi connectivity index (χ2n) is 7.31. The van der Waals surface area contributed by atoms with E-state index in [4.69, 9.17) is 21.3 Å². The minimum Gasteiger partial charge on any atom is -0.492 e. The van der Waals surface area contributed by atoms with Gasteiger partial charge in [-0.05, 0) is 61.4 Å². The number of nitrogens with zero attached hydrogens (tertiary/aromatic N) is 3. The molecule has 0 aliphatic rings. The molecule has 0 aliphatic carbocycles. The van der Waals surface area contributed by atoms with Crippen LogP contribution in [0.1, 0.15) is 27.3 Å². The summed E-state index contributed by atoms with van der Waals surface area (Å²) in [7, 11) is 0. The summed E-state index contributed by atoms with van der Waals surface area (Å²) in [6, 6.07) is 15.2. The highest BCUT2D eigenvalue weighted by Gasteiger charge is 2.13. The maximum atomic E-state index is 12.4. The summed E-state index contributed by atoms with van der Waals surface area (Å²) in [6.07, 6.45) is 3.20. The molecule has 0 atom stereocenters. The summed E-state index contributed by atoms with van der Waals surface area (Å²) in [5.41, 5.74) is 4.43. The zero-order valence-electron chi connectivity index (χ0n) is 17.4. The highest BCUT2D eigenvalue weighted by Crippen LogP contribution is 2.26. The van der Waals surface area contributed by atoms with E-state index < -0.39 is 0 Å². The number of aromatic nitrogens is 3. The lowest BCUT2D eigenvalue weighted by atomic mass is 10.1. The first-order valence-corrected chi connectivity index (χ1v) is 10.4. The fourth-order valence-corrected chi connectivity index (χ4v) is 3.63. The summed E-state index contributed by atoms with van der Waals surface area (Å²) in [4.78, 5) is 21.1. The van der Waals surface area contributed by atoms with Crippen LogP contribution in [0, 0.1) is 13.8 Å². The van der Waals surface area contributed by atoms with E-state index in [0.29, 0.717) is 25.3 Å². The highest BCUT2D eigenvalue weighted by atomic mass is 35.5. The average molecular weight is 435 g/mol. The Labute approximate surface area is 185 Å². The van der Waals surface area contributed by atoms with E-state index in [2.05, 4.69) is 14.9 Å². The number of carbonyl (C=O) groups excluding carboxylic acids is 1. The number of halogens is 1. The Morgan fingerprint density at radius 3 is 2.55 bits per heavy atom. The summed E-state index contributed by atoms with van der Waals surface area (Å²) in [5, 5.41) is 3.70. The van der Waals surface area contributed by atoms with Crippen molar-refractivity contribution in [2.24, 2.45) is 0 Å². The third-order valence-corrected chi connectivity index (χ3v) is 5.67. The lowest BCUT2D eigenvalue weighted by molar-refractivity contribution is 0.0949. The number of hydrogen-bond donors (Lipinski definition) is 1. The SMILES string of the molecule is Cc1cc(OCCn2c(CNC(=O)c3ccncc3)nc3ccccc32)cc(C)c1Cl. The van der Waals surface area contributed by atoms with Gasteiger partial charge in [-0.3, -0.25) is 9.78 Å². The number of para-hydroxylation sites is 2. The van der Waals surface area contributed by atoms with Crippen molar-refractivity contribution in [2.75, 3.05) is 6.61 Å². The topological polar surface area (TPSA) is 69.0 Å². The molecular weight excluding hydrogens is 412 g/mol. The van der Waals surface area contributed by atoms with E-state index in [1.807, 2.05) is 50.2 Å². The van der Waals surface area contributed by atoms with Gasteiger partial charge < -0.3 is 14.6 Å². The molecule has 2 aromatic heterocycles. The number of imidazole rings is 1. The molecule has 0 aliphatic heterocycles. The smallest absolute Gasteiger partial charge is 0.251 e. The number of ether oxygens (including phenoxy) is 1. The number of fused-ring (bicyclic) bond motifs is 1. The molecule has 158 valence electrons. The molecule has 0 unspecified atom stereocenters. The van der Waals surface area contributed by atoms with Gasteiger partial charge in [0.05, 0.1) is 24.1 Å². The second-order valence-corrected chi connectivity index (χ2v) is 7.68. The predicted octanol–water partition coefficient (Wildman–Crippen LogP) is 4.71. The van der Waals surface area contributed by atoms with Gasteiger partial charge in [0, 0.05) is 23.0 Å². The Balaban J connectivity index is 1.49. The molecule has 6 nitrogen and oxygen atoms in total. The lowest BCUT2D eigenvalue weighted by Gasteiger charge is -2.13. The molecule has 4 rings (SSSR count). The molecular formula is C24H23ClN4O2. The van der Waals surface area contributed by atoms with Crippen molar-refractivity contribution in [3.05, 3.63) is 88.5 Å². The largest absolute Gasteiger partial charge is 0.492 e. The fourth-order valence-electron chi connectivity index (χ4n) is 3.52. The number of hydrogen-bond acceptors (Lipinski definition) is 4. The molecule has 0 spiro atoms. The molecule has 7 heteroatoms. The van der Waals surface area contributed by atoms with Crippen LogP contribution in [0.2, 0.25) is 5.02 Å². The fraction of sp³-hybridized carbons (Fsp3) is 0.208. The molecule has 0 fully saturated rings. The number of aryl methyl sites for hydroxylation is 2. The Bertz CT molecular complexity index is 1200. The summed E-state index contributed by atoms with van der Waals surface area (Å²) in [5.74, 6) is 1.40. The standard InChI is InChI=1S/C24H23ClN4O2/c1-16-13-19(14-17(2)23(16)25)31-12-11-29-21-6-4-3-5-20(21)28-22(29)15-27-24(30)18-7-9-26-10-8-18/h3-10,13-14H,11-12,15H2,1-2H3,(H,27,30). The first kappa shape index (κ1) is 20.9. The number of rotatable bonds is 7. The molecule has 2 aromatic carbocycles. The molecule has 1 amide bonds. The normalized spacial score (nSPS) is 10.9. The van der Waals surface area contributed by atoms with Crippen LogP contribution >= 0.6 is 11.6 Å². The molecule has 0 saturated carbocycles. The Hall–Kier alpha value is -3.38. The molecule has 1 N–H and O–H groups in total. The number of benzene rings is 2. The average Bonchev–Trinajstić information content (AvgIpc) is 3.14. The van der Waals surface area contributed by atoms with Crippen LogP contribution in [0.25, 0.3) is 11.0 Å². The first-order valence-electron chi connectivity index (χ1n) is 10.0. The van der Waals surface area contributed by atoms with Gasteiger partial charge in [-0.2, -0.15) is 0 Å². The molecule has 0 saturated heterocycles. The number of pyridine rings is 1. The van der Waals surface area contributed by atoms with Crippen LogP contribution in [-0.2, 0) is 13.1 Å². The van der Waals surface area contributed by atoms with Crippen LogP contribution in [-0.4, -0.2) is 27.0 Å². The van der Waals surface area contributed by atoms with Crippen molar-refractivity contribution in [1.29, 1.82) is 0 Å². The zero-order valence-corrected chi connectivity index (χ0v) is 18.2. The van der Waals surface area contributed by atoms with Crippen LogP contribution in [0.5, 0.6) is 5.75 Å². The molecule has 0 bridgehead atoms.